The highest BCUT2D eigenvalue weighted by molar-refractivity contribution is 7.80. The molecule has 0 aliphatic heterocycles. The molecule has 0 aliphatic carbocycles. The quantitative estimate of drug-likeness (QED) is 0.331. The zero-order valence-corrected chi connectivity index (χ0v) is 19.5. The maximum atomic E-state index is 12.6. The minimum Gasteiger partial charge on any atom is -0.451 e. The molecule has 0 atom stereocenters. The Bertz CT molecular complexity index is 1490. The van der Waals surface area contributed by atoms with Crippen molar-refractivity contribution in [3.63, 3.8) is 0 Å². The van der Waals surface area contributed by atoms with Crippen LogP contribution in [0.25, 0.3) is 26.9 Å². The fraction of sp³-hybridized carbons (Fsp3) is 0.0455. The Morgan fingerprint density at radius 1 is 1.09 bits per heavy atom. The van der Waals surface area contributed by atoms with Gasteiger partial charge in [0.1, 0.15) is 10.8 Å². The van der Waals surface area contributed by atoms with E-state index < -0.39 is 5.91 Å². The van der Waals surface area contributed by atoms with E-state index in [1.807, 2.05) is 43.3 Å². The van der Waals surface area contributed by atoms with Crippen molar-refractivity contribution in [2.24, 2.45) is 0 Å². The number of thiocarbonyl (C=S) groups is 1. The first-order chi connectivity index (χ1) is 16.0. The summed E-state index contributed by atoms with van der Waals surface area (Å²) in [5, 5.41) is 19.9. The van der Waals surface area contributed by atoms with E-state index in [4.69, 9.17) is 28.2 Å². The number of anilines is 1. The number of hydrogen-bond acceptors (Lipinski definition) is 7. The average Bonchev–Trinajstić information content (AvgIpc) is 3.52. The summed E-state index contributed by atoms with van der Waals surface area (Å²) >= 11 is 12.7. The number of benzene rings is 2. The van der Waals surface area contributed by atoms with Crippen molar-refractivity contribution in [1.29, 1.82) is 0 Å². The molecule has 33 heavy (non-hydrogen) atoms. The first-order valence-electron chi connectivity index (χ1n) is 9.74. The zero-order chi connectivity index (χ0) is 22.9. The highest BCUT2D eigenvalue weighted by atomic mass is 35.5. The van der Waals surface area contributed by atoms with Crippen LogP contribution in [0.3, 0.4) is 0 Å². The van der Waals surface area contributed by atoms with Crippen LogP contribution in [0.15, 0.2) is 65.1 Å². The molecule has 8 nitrogen and oxygen atoms in total. The van der Waals surface area contributed by atoms with Crippen molar-refractivity contribution in [2.75, 3.05) is 5.32 Å². The van der Waals surface area contributed by atoms with Gasteiger partial charge in [-0.1, -0.05) is 35.1 Å². The summed E-state index contributed by atoms with van der Waals surface area (Å²) in [6.45, 7) is 1.85. The molecule has 2 N–H and O–H groups in total. The fourth-order valence-electron chi connectivity index (χ4n) is 3.12. The minimum absolute atomic E-state index is 0.146. The van der Waals surface area contributed by atoms with Crippen molar-refractivity contribution in [2.45, 2.75) is 6.92 Å². The SMILES string of the molecule is Cc1nnc2sc(-c3cccc(NC(=S)NC(=O)c4ccc(-c5ccc(Cl)cc5)o4)c3)nn12. The van der Waals surface area contributed by atoms with Crippen LogP contribution in [0.5, 0.6) is 0 Å². The molecule has 11 heteroatoms. The molecule has 2 aromatic carbocycles. The largest absolute Gasteiger partial charge is 0.451 e. The maximum absolute atomic E-state index is 12.6. The highest BCUT2D eigenvalue weighted by Gasteiger charge is 2.15. The van der Waals surface area contributed by atoms with E-state index in [9.17, 15) is 4.79 Å². The third-order valence-electron chi connectivity index (χ3n) is 4.70. The Morgan fingerprint density at radius 3 is 2.70 bits per heavy atom. The molecule has 164 valence electrons. The summed E-state index contributed by atoms with van der Waals surface area (Å²) in [6, 6.07) is 18.0. The number of halogens is 1. The van der Waals surface area contributed by atoms with E-state index in [1.165, 1.54) is 11.3 Å². The number of amides is 1. The molecule has 0 fully saturated rings. The molecule has 0 unspecified atom stereocenters. The summed E-state index contributed by atoms with van der Waals surface area (Å²) in [5.41, 5.74) is 2.42. The number of nitrogens with zero attached hydrogens (tertiary/aromatic N) is 4. The summed E-state index contributed by atoms with van der Waals surface area (Å²) in [7, 11) is 0. The number of carbonyl (C=O) groups is 1. The number of aromatic nitrogens is 4. The van der Waals surface area contributed by atoms with Gasteiger partial charge < -0.3 is 9.73 Å². The predicted molar refractivity (Wildman–Crippen MR) is 132 cm³/mol. The molecular weight excluding hydrogens is 480 g/mol. The van der Waals surface area contributed by atoms with Gasteiger partial charge >= 0.3 is 0 Å². The lowest BCUT2D eigenvalue weighted by molar-refractivity contribution is 0.0951. The number of hydrogen-bond donors (Lipinski definition) is 2. The van der Waals surface area contributed by atoms with Crippen LogP contribution in [0.2, 0.25) is 5.02 Å². The lowest BCUT2D eigenvalue weighted by Crippen LogP contribution is -2.33. The first kappa shape index (κ1) is 21.3. The maximum Gasteiger partial charge on any atom is 0.293 e. The monoisotopic (exact) mass is 494 g/mol. The Balaban J connectivity index is 1.26. The molecule has 5 aromatic rings. The number of nitrogens with one attached hydrogen (secondary N) is 2. The molecule has 0 saturated heterocycles. The first-order valence-corrected chi connectivity index (χ1v) is 11.3. The molecule has 0 spiro atoms. The van der Waals surface area contributed by atoms with Crippen molar-refractivity contribution >= 4 is 56.8 Å². The van der Waals surface area contributed by atoms with E-state index >= 15 is 0 Å². The van der Waals surface area contributed by atoms with Gasteiger partial charge in [0.05, 0.1) is 0 Å². The number of carbonyl (C=O) groups excluding carboxylic acids is 1. The third-order valence-corrected chi connectivity index (χ3v) is 6.10. The molecule has 0 radical (unpaired) electrons. The van der Waals surface area contributed by atoms with E-state index in [2.05, 4.69) is 25.9 Å². The Kier molecular flexibility index (Phi) is 5.63. The number of rotatable bonds is 4. The van der Waals surface area contributed by atoms with Crippen LogP contribution in [-0.2, 0) is 0 Å². The Labute approximate surface area is 202 Å². The van der Waals surface area contributed by atoms with Gasteiger partial charge in [0, 0.05) is 21.8 Å². The van der Waals surface area contributed by atoms with Crippen LogP contribution >= 0.6 is 35.2 Å². The van der Waals surface area contributed by atoms with E-state index in [0.717, 1.165) is 26.9 Å². The van der Waals surface area contributed by atoms with Crippen LogP contribution in [0.1, 0.15) is 16.4 Å². The van der Waals surface area contributed by atoms with Crippen molar-refractivity contribution < 1.29 is 9.21 Å². The molecular formula is C22H15ClN6O2S2. The molecule has 0 bridgehead atoms. The molecule has 0 saturated carbocycles. The average molecular weight is 495 g/mol. The second-order valence-electron chi connectivity index (χ2n) is 7.01. The third kappa shape index (κ3) is 4.49. The van der Waals surface area contributed by atoms with Crippen LogP contribution in [-0.4, -0.2) is 30.8 Å². The number of furan rings is 1. The second kappa shape index (κ2) is 8.74. The van der Waals surface area contributed by atoms with Gasteiger partial charge in [-0.2, -0.15) is 9.61 Å². The molecule has 0 aliphatic rings. The molecule has 1 amide bonds. The van der Waals surface area contributed by atoms with Gasteiger partial charge in [0.15, 0.2) is 16.7 Å². The second-order valence-corrected chi connectivity index (χ2v) is 8.81. The van der Waals surface area contributed by atoms with Gasteiger partial charge in [0.2, 0.25) is 4.96 Å². The van der Waals surface area contributed by atoms with Crippen LogP contribution < -0.4 is 10.6 Å². The summed E-state index contributed by atoms with van der Waals surface area (Å²) in [4.78, 5) is 13.3. The van der Waals surface area contributed by atoms with Gasteiger partial charge in [-0.3, -0.25) is 10.1 Å². The predicted octanol–water partition coefficient (Wildman–Crippen LogP) is 5.20. The number of aryl methyl sites for hydroxylation is 1. The molecule has 3 aromatic heterocycles. The summed E-state index contributed by atoms with van der Waals surface area (Å²) < 4.78 is 7.37. The van der Waals surface area contributed by atoms with Gasteiger partial charge in [-0.05, 0) is 67.7 Å². The van der Waals surface area contributed by atoms with Gasteiger partial charge in [0.25, 0.3) is 5.91 Å². The summed E-state index contributed by atoms with van der Waals surface area (Å²) in [5.74, 6) is 0.979. The van der Waals surface area contributed by atoms with E-state index in [1.54, 1.807) is 28.8 Å². The van der Waals surface area contributed by atoms with E-state index in [-0.39, 0.29) is 10.9 Å². The minimum atomic E-state index is -0.451. The summed E-state index contributed by atoms with van der Waals surface area (Å²) in [6.07, 6.45) is 0. The van der Waals surface area contributed by atoms with Crippen molar-refractivity contribution in [3.8, 4) is 21.9 Å². The Morgan fingerprint density at radius 2 is 1.91 bits per heavy atom. The lowest BCUT2D eigenvalue weighted by atomic mass is 10.2. The van der Waals surface area contributed by atoms with Crippen LogP contribution in [0, 0.1) is 6.92 Å². The lowest BCUT2D eigenvalue weighted by Gasteiger charge is -2.09. The van der Waals surface area contributed by atoms with Crippen molar-refractivity contribution in [3.05, 3.63) is 77.3 Å². The highest BCUT2D eigenvalue weighted by Crippen LogP contribution is 2.27. The molecule has 3 heterocycles. The fourth-order valence-corrected chi connectivity index (χ4v) is 4.34. The zero-order valence-electron chi connectivity index (χ0n) is 17.1. The van der Waals surface area contributed by atoms with Gasteiger partial charge in [-0.25, -0.2) is 0 Å². The topological polar surface area (TPSA) is 97.3 Å². The number of fused-ring (bicyclic) bond motifs is 1. The normalized spacial score (nSPS) is 11.0. The smallest absolute Gasteiger partial charge is 0.293 e. The van der Waals surface area contributed by atoms with E-state index in [0.29, 0.717) is 16.5 Å². The standard InChI is InChI=1S/C22H15ClN6O2S2/c1-12-26-27-22-29(12)28-20(33-22)14-3-2-4-16(11-14)24-21(32)25-19(30)18-10-9-17(31-18)13-5-7-15(23)8-6-13/h2-11H,1H3,(H2,24,25,30,32). The van der Waals surface area contributed by atoms with Crippen molar-refractivity contribution in [1.82, 2.24) is 25.1 Å². The van der Waals surface area contributed by atoms with Gasteiger partial charge in [-0.15, -0.1) is 10.2 Å². The Hall–Kier alpha value is -3.60. The van der Waals surface area contributed by atoms with Crippen LogP contribution in [0.4, 0.5) is 5.69 Å². The molecule has 5 rings (SSSR count).